The van der Waals surface area contributed by atoms with Crippen LogP contribution >= 0.6 is 15.9 Å². The average molecular weight is 363 g/mol. The molecule has 0 spiro atoms. The minimum absolute atomic E-state index is 0.0337. The molecule has 0 heterocycles. The topological polar surface area (TPSA) is 17.1 Å². The highest BCUT2D eigenvalue weighted by atomic mass is 79.9. The van der Waals surface area contributed by atoms with Gasteiger partial charge in [-0.1, -0.05) is 89.2 Å². The molecule has 0 aliphatic heterocycles. The lowest BCUT2D eigenvalue weighted by atomic mass is 9.96. The summed E-state index contributed by atoms with van der Waals surface area (Å²) in [6.07, 6.45) is 0. The summed E-state index contributed by atoms with van der Waals surface area (Å²) < 4.78 is 1.04. The highest BCUT2D eigenvalue weighted by molar-refractivity contribution is 9.10. The maximum atomic E-state index is 12.4. The van der Waals surface area contributed by atoms with E-state index in [-0.39, 0.29) is 5.78 Å². The molecule has 0 fully saturated rings. The van der Waals surface area contributed by atoms with Gasteiger partial charge in [0.15, 0.2) is 5.78 Å². The summed E-state index contributed by atoms with van der Waals surface area (Å²) in [6, 6.07) is 24.9. The van der Waals surface area contributed by atoms with Crippen LogP contribution < -0.4 is 0 Å². The molecule has 1 nitrogen and oxygen atoms in total. The Hall–Kier alpha value is -2.45. The van der Waals surface area contributed by atoms with Crippen LogP contribution in [0.4, 0.5) is 0 Å². The molecule has 3 aromatic carbocycles. The zero-order chi connectivity index (χ0) is 16.2. The number of carbonyl (C=O) groups excluding carboxylic acids is 1. The summed E-state index contributed by atoms with van der Waals surface area (Å²) in [5.74, 6) is 0.0337. The highest BCUT2D eigenvalue weighted by Crippen LogP contribution is 2.24. The van der Waals surface area contributed by atoms with E-state index in [4.69, 9.17) is 0 Å². The van der Waals surface area contributed by atoms with Gasteiger partial charge in [-0.2, -0.15) is 0 Å². The lowest BCUT2D eigenvalue weighted by Gasteiger charge is -2.08. The summed E-state index contributed by atoms with van der Waals surface area (Å²) in [7, 11) is 0. The third kappa shape index (κ3) is 3.49. The molecule has 2 heteroatoms. The minimum atomic E-state index is 0.0337. The van der Waals surface area contributed by atoms with E-state index < -0.39 is 0 Å². The molecule has 3 rings (SSSR count). The van der Waals surface area contributed by atoms with Crippen LogP contribution in [0.2, 0.25) is 0 Å². The van der Waals surface area contributed by atoms with Crippen molar-refractivity contribution < 1.29 is 4.79 Å². The Balaban J connectivity index is 1.83. The molecule has 0 saturated carbocycles. The number of benzene rings is 3. The molecule has 0 aromatic heterocycles. The Morgan fingerprint density at radius 1 is 0.652 bits per heavy atom. The van der Waals surface area contributed by atoms with Crippen molar-refractivity contribution >= 4 is 27.3 Å². The van der Waals surface area contributed by atoms with Crippen LogP contribution in [0.15, 0.2) is 89.9 Å². The molecule has 0 aliphatic rings. The smallest absolute Gasteiger partial charge is 0.193 e. The van der Waals surface area contributed by atoms with Crippen LogP contribution in [-0.4, -0.2) is 5.78 Å². The van der Waals surface area contributed by atoms with Crippen molar-refractivity contribution in [2.75, 3.05) is 0 Å². The van der Waals surface area contributed by atoms with Crippen LogP contribution in [0, 0.1) is 0 Å². The van der Waals surface area contributed by atoms with E-state index >= 15 is 0 Å². The molecule has 0 N–H and O–H groups in total. The van der Waals surface area contributed by atoms with E-state index in [9.17, 15) is 4.79 Å². The van der Waals surface area contributed by atoms with Crippen LogP contribution in [0.1, 0.15) is 27.0 Å². The summed E-state index contributed by atoms with van der Waals surface area (Å²) >= 11 is 3.43. The molecule has 112 valence electrons. The summed E-state index contributed by atoms with van der Waals surface area (Å²) in [5, 5.41) is 0. The van der Waals surface area contributed by atoms with E-state index in [1.807, 2.05) is 78.9 Å². The second-order valence-corrected chi connectivity index (χ2v) is 6.17. The third-order valence-electron chi connectivity index (χ3n) is 3.72. The fourth-order valence-electron chi connectivity index (χ4n) is 2.40. The van der Waals surface area contributed by atoms with E-state index in [2.05, 4.69) is 22.5 Å². The Morgan fingerprint density at radius 3 is 1.65 bits per heavy atom. The van der Waals surface area contributed by atoms with Crippen LogP contribution in [0.25, 0.3) is 5.57 Å². The molecule has 0 aliphatic carbocycles. The van der Waals surface area contributed by atoms with Crippen molar-refractivity contribution in [2.45, 2.75) is 0 Å². The maximum absolute atomic E-state index is 12.4. The Kier molecular flexibility index (Phi) is 4.54. The maximum Gasteiger partial charge on any atom is 0.193 e. The van der Waals surface area contributed by atoms with Crippen LogP contribution in [0.5, 0.6) is 0 Å². The van der Waals surface area contributed by atoms with Gasteiger partial charge in [-0.3, -0.25) is 4.79 Å². The van der Waals surface area contributed by atoms with Gasteiger partial charge in [-0.25, -0.2) is 0 Å². The highest BCUT2D eigenvalue weighted by Gasteiger charge is 2.09. The van der Waals surface area contributed by atoms with Crippen molar-refractivity contribution in [2.24, 2.45) is 0 Å². The number of rotatable bonds is 4. The Morgan fingerprint density at radius 2 is 1.09 bits per heavy atom. The number of hydrogen-bond donors (Lipinski definition) is 0. The summed E-state index contributed by atoms with van der Waals surface area (Å²) in [4.78, 5) is 12.4. The average Bonchev–Trinajstić information content (AvgIpc) is 2.62. The van der Waals surface area contributed by atoms with Crippen LogP contribution in [-0.2, 0) is 0 Å². The summed E-state index contributed by atoms with van der Waals surface area (Å²) in [6.45, 7) is 4.16. The van der Waals surface area contributed by atoms with Gasteiger partial charge in [-0.05, 0) is 28.8 Å². The van der Waals surface area contributed by atoms with Gasteiger partial charge in [-0.15, -0.1) is 0 Å². The molecule has 0 saturated heterocycles. The van der Waals surface area contributed by atoms with Gasteiger partial charge in [0.2, 0.25) is 0 Å². The third-order valence-corrected chi connectivity index (χ3v) is 4.25. The van der Waals surface area contributed by atoms with Gasteiger partial charge in [0.05, 0.1) is 0 Å². The van der Waals surface area contributed by atoms with Crippen molar-refractivity contribution in [3.05, 3.63) is 112 Å². The predicted octanol–water partition coefficient (Wildman–Crippen LogP) is 5.74. The molecule has 3 aromatic rings. The molecule has 0 amide bonds. The molecule has 0 atom stereocenters. The first kappa shape index (κ1) is 15.4. The van der Waals surface area contributed by atoms with Gasteiger partial charge < -0.3 is 0 Å². The molecular formula is C21H15BrO. The number of halogens is 1. The quantitative estimate of drug-likeness (QED) is 0.540. The molecule has 0 bridgehead atoms. The number of ketones is 1. The van der Waals surface area contributed by atoms with E-state index in [1.165, 1.54) is 0 Å². The SMILES string of the molecule is C=C(c1ccc(Br)cc1)c1ccc(C(=O)c2ccccc2)cc1. The molecular weight excluding hydrogens is 348 g/mol. The van der Waals surface area contributed by atoms with Gasteiger partial charge >= 0.3 is 0 Å². The molecule has 23 heavy (non-hydrogen) atoms. The second kappa shape index (κ2) is 6.76. The van der Waals surface area contributed by atoms with E-state index in [1.54, 1.807) is 0 Å². The normalized spacial score (nSPS) is 10.3. The van der Waals surface area contributed by atoms with Gasteiger partial charge in [0.25, 0.3) is 0 Å². The Bertz CT molecular complexity index is 831. The van der Waals surface area contributed by atoms with Gasteiger partial charge in [0, 0.05) is 15.6 Å². The first-order valence-corrected chi connectivity index (χ1v) is 8.09. The predicted molar refractivity (Wildman–Crippen MR) is 98.6 cm³/mol. The molecule has 0 unspecified atom stereocenters. The van der Waals surface area contributed by atoms with Crippen LogP contribution in [0.3, 0.4) is 0 Å². The van der Waals surface area contributed by atoms with Gasteiger partial charge in [0.1, 0.15) is 0 Å². The zero-order valence-corrected chi connectivity index (χ0v) is 14.1. The first-order valence-electron chi connectivity index (χ1n) is 7.30. The van der Waals surface area contributed by atoms with Crippen molar-refractivity contribution in [1.29, 1.82) is 0 Å². The second-order valence-electron chi connectivity index (χ2n) is 5.26. The summed E-state index contributed by atoms with van der Waals surface area (Å²) in [5.41, 5.74) is 4.40. The number of hydrogen-bond acceptors (Lipinski definition) is 1. The van der Waals surface area contributed by atoms with Crippen molar-refractivity contribution in [1.82, 2.24) is 0 Å². The Labute approximate surface area is 144 Å². The largest absolute Gasteiger partial charge is 0.289 e. The molecule has 0 radical (unpaired) electrons. The zero-order valence-electron chi connectivity index (χ0n) is 12.5. The minimum Gasteiger partial charge on any atom is -0.289 e. The number of carbonyl (C=O) groups is 1. The van der Waals surface area contributed by atoms with Crippen molar-refractivity contribution in [3.63, 3.8) is 0 Å². The fraction of sp³-hybridized carbons (Fsp3) is 0. The standard InChI is InChI=1S/C21H15BrO/c1-15(17-11-13-20(22)14-12-17)16-7-9-19(10-8-16)21(23)18-5-3-2-4-6-18/h2-14H,1H2. The fourth-order valence-corrected chi connectivity index (χ4v) is 2.66. The van der Waals surface area contributed by atoms with Crippen molar-refractivity contribution in [3.8, 4) is 0 Å². The first-order chi connectivity index (χ1) is 11.1. The lowest BCUT2D eigenvalue weighted by molar-refractivity contribution is 0.103. The van der Waals surface area contributed by atoms with E-state index in [0.717, 1.165) is 21.2 Å². The lowest BCUT2D eigenvalue weighted by Crippen LogP contribution is -2.00. The monoisotopic (exact) mass is 362 g/mol. The van der Waals surface area contributed by atoms with E-state index in [0.29, 0.717) is 11.1 Å².